The van der Waals surface area contributed by atoms with Gasteiger partial charge in [0.2, 0.25) is 5.91 Å². The van der Waals surface area contributed by atoms with Crippen LogP contribution in [0.3, 0.4) is 0 Å². The van der Waals surface area contributed by atoms with E-state index in [0.29, 0.717) is 10.2 Å². The summed E-state index contributed by atoms with van der Waals surface area (Å²) >= 11 is 3.22. The first kappa shape index (κ1) is 13.0. The summed E-state index contributed by atoms with van der Waals surface area (Å²) in [6.07, 6.45) is 1.79. The van der Waals surface area contributed by atoms with Crippen LogP contribution in [0, 0.1) is 0 Å². The predicted octanol–water partition coefficient (Wildman–Crippen LogP) is 1.84. The fourth-order valence-electron chi connectivity index (χ4n) is 1.92. The quantitative estimate of drug-likeness (QED) is 0.795. The fraction of sp³-hybridized carbons (Fsp3) is 0.333. The molecule has 1 aromatic carbocycles. The summed E-state index contributed by atoms with van der Waals surface area (Å²) in [5.74, 6) is -1.15. The van der Waals surface area contributed by atoms with Crippen LogP contribution < -0.4 is 10.6 Å². The van der Waals surface area contributed by atoms with Crippen LogP contribution in [0.1, 0.15) is 23.2 Å². The average Bonchev–Trinajstić information content (AvgIpc) is 2.81. The zero-order chi connectivity index (χ0) is 13.1. The van der Waals surface area contributed by atoms with Gasteiger partial charge in [-0.25, -0.2) is 4.79 Å². The summed E-state index contributed by atoms with van der Waals surface area (Å²) in [5, 5.41) is 14.7. The number of amides is 1. The average molecular weight is 313 g/mol. The Bertz CT molecular complexity index is 484. The minimum Gasteiger partial charge on any atom is -0.478 e. The molecule has 6 heteroatoms. The molecule has 2 rings (SSSR count). The second-order valence-electron chi connectivity index (χ2n) is 4.17. The molecule has 1 atom stereocenters. The summed E-state index contributed by atoms with van der Waals surface area (Å²) in [4.78, 5) is 22.8. The van der Waals surface area contributed by atoms with Crippen LogP contribution in [0.2, 0.25) is 0 Å². The summed E-state index contributed by atoms with van der Waals surface area (Å²) in [7, 11) is 0. The number of hydrogen-bond donors (Lipinski definition) is 3. The Kier molecular flexibility index (Phi) is 3.98. The number of nitrogens with one attached hydrogen (secondary N) is 2. The molecule has 1 fully saturated rings. The van der Waals surface area contributed by atoms with Gasteiger partial charge in [0.05, 0.1) is 11.6 Å². The van der Waals surface area contributed by atoms with Crippen molar-refractivity contribution in [2.45, 2.75) is 18.9 Å². The summed E-state index contributed by atoms with van der Waals surface area (Å²) in [6.45, 7) is 0.844. The highest BCUT2D eigenvalue weighted by Crippen LogP contribution is 2.20. The van der Waals surface area contributed by atoms with Crippen molar-refractivity contribution in [2.75, 3.05) is 11.9 Å². The summed E-state index contributed by atoms with van der Waals surface area (Å²) in [6, 6.07) is 4.43. The minimum atomic E-state index is -1.02. The van der Waals surface area contributed by atoms with E-state index in [4.69, 9.17) is 5.11 Å². The smallest absolute Gasteiger partial charge is 0.335 e. The zero-order valence-corrected chi connectivity index (χ0v) is 11.2. The molecule has 96 valence electrons. The predicted molar refractivity (Wildman–Crippen MR) is 70.8 cm³/mol. The molecular weight excluding hydrogens is 300 g/mol. The van der Waals surface area contributed by atoms with Crippen LogP contribution in [-0.2, 0) is 4.79 Å². The first-order chi connectivity index (χ1) is 8.56. The van der Waals surface area contributed by atoms with Crippen LogP contribution in [0.25, 0.3) is 0 Å². The molecule has 0 aromatic heterocycles. The van der Waals surface area contributed by atoms with Gasteiger partial charge in [-0.3, -0.25) is 4.79 Å². The van der Waals surface area contributed by atoms with Gasteiger partial charge in [-0.05, 0) is 37.6 Å². The van der Waals surface area contributed by atoms with E-state index in [0.717, 1.165) is 19.4 Å². The van der Waals surface area contributed by atoms with Gasteiger partial charge < -0.3 is 15.7 Å². The first-order valence-electron chi connectivity index (χ1n) is 5.64. The van der Waals surface area contributed by atoms with Gasteiger partial charge in [-0.15, -0.1) is 0 Å². The third-order valence-electron chi connectivity index (χ3n) is 2.79. The first-order valence-corrected chi connectivity index (χ1v) is 6.44. The highest BCUT2D eigenvalue weighted by Gasteiger charge is 2.22. The van der Waals surface area contributed by atoms with Crippen LogP contribution >= 0.6 is 15.9 Å². The lowest BCUT2D eigenvalue weighted by atomic mass is 10.2. The van der Waals surface area contributed by atoms with Gasteiger partial charge >= 0.3 is 5.97 Å². The van der Waals surface area contributed by atoms with Crippen molar-refractivity contribution in [1.82, 2.24) is 5.32 Å². The SMILES string of the molecule is O=C(O)c1cc(Br)cc(NC(=O)C2CCCN2)c1. The van der Waals surface area contributed by atoms with Crippen molar-refractivity contribution >= 4 is 33.5 Å². The Hall–Kier alpha value is -1.40. The number of rotatable bonds is 3. The Balaban J connectivity index is 2.13. The van der Waals surface area contributed by atoms with Gasteiger partial charge in [0.25, 0.3) is 0 Å². The Morgan fingerprint density at radius 2 is 2.17 bits per heavy atom. The van der Waals surface area contributed by atoms with Crippen molar-refractivity contribution in [2.24, 2.45) is 0 Å². The minimum absolute atomic E-state index is 0.123. The summed E-state index contributed by atoms with van der Waals surface area (Å²) in [5.41, 5.74) is 0.625. The van der Waals surface area contributed by atoms with Gasteiger partial charge in [0, 0.05) is 10.2 Å². The Labute approximate surface area is 113 Å². The van der Waals surface area contributed by atoms with Crippen LogP contribution in [-0.4, -0.2) is 29.6 Å². The molecule has 1 amide bonds. The molecule has 18 heavy (non-hydrogen) atoms. The van der Waals surface area contributed by atoms with Crippen molar-refractivity contribution < 1.29 is 14.7 Å². The van der Waals surface area contributed by atoms with E-state index in [-0.39, 0.29) is 17.5 Å². The number of carbonyl (C=O) groups excluding carboxylic acids is 1. The molecule has 1 unspecified atom stereocenters. The van der Waals surface area contributed by atoms with Crippen molar-refractivity contribution in [3.05, 3.63) is 28.2 Å². The molecule has 1 aliphatic rings. The third kappa shape index (κ3) is 3.08. The Morgan fingerprint density at radius 3 is 2.78 bits per heavy atom. The van der Waals surface area contributed by atoms with Crippen LogP contribution in [0.5, 0.6) is 0 Å². The van der Waals surface area contributed by atoms with Gasteiger partial charge in [0.15, 0.2) is 0 Å². The van der Waals surface area contributed by atoms with E-state index < -0.39 is 5.97 Å². The number of carboxylic acid groups (broad SMARTS) is 1. The van der Waals surface area contributed by atoms with Gasteiger partial charge in [-0.2, -0.15) is 0 Å². The molecular formula is C12H13BrN2O3. The lowest BCUT2D eigenvalue weighted by Crippen LogP contribution is -2.35. The number of aromatic carboxylic acids is 1. The third-order valence-corrected chi connectivity index (χ3v) is 3.25. The molecule has 5 nitrogen and oxygen atoms in total. The van der Waals surface area contributed by atoms with E-state index >= 15 is 0 Å². The highest BCUT2D eigenvalue weighted by atomic mass is 79.9. The molecule has 0 saturated carbocycles. The second kappa shape index (κ2) is 5.49. The maximum Gasteiger partial charge on any atom is 0.335 e. The lowest BCUT2D eigenvalue weighted by molar-refractivity contribution is -0.117. The number of hydrogen-bond acceptors (Lipinski definition) is 3. The highest BCUT2D eigenvalue weighted by molar-refractivity contribution is 9.10. The fourth-order valence-corrected chi connectivity index (χ4v) is 2.42. The van der Waals surface area contributed by atoms with E-state index in [2.05, 4.69) is 26.6 Å². The number of anilines is 1. The number of halogens is 1. The van der Waals surface area contributed by atoms with Gasteiger partial charge in [0.1, 0.15) is 0 Å². The molecule has 0 spiro atoms. The van der Waals surface area contributed by atoms with E-state index in [1.807, 2.05) is 0 Å². The van der Waals surface area contributed by atoms with Crippen molar-refractivity contribution in [3.8, 4) is 0 Å². The lowest BCUT2D eigenvalue weighted by Gasteiger charge is -2.11. The number of benzene rings is 1. The van der Waals surface area contributed by atoms with E-state index in [1.165, 1.54) is 12.1 Å². The van der Waals surface area contributed by atoms with Crippen LogP contribution in [0.15, 0.2) is 22.7 Å². The molecule has 1 heterocycles. The van der Waals surface area contributed by atoms with Crippen molar-refractivity contribution in [3.63, 3.8) is 0 Å². The number of carboxylic acids is 1. The van der Waals surface area contributed by atoms with Gasteiger partial charge in [-0.1, -0.05) is 15.9 Å². The molecule has 1 aliphatic heterocycles. The standard InChI is InChI=1S/C12H13BrN2O3/c13-8-4-7(12(17)18)5-9(6-8)15-11(16)10-2-1-3-14-10/h4-6,10,14H,1-3H2,(H,15,16)(H,17,18). The van der Waals surface area contributed by atoms with Crippen LogP contribution in [0.4, 0.5) is 5.69 Å². The monoisotopic (exact) mass is 312 g/mol. The topological polar surface area (TPSA) is 78.4 Å². The largest absolute Gasteiger partial charge is 0.478 e. The van der Waals surface area contributed by atoms with Crippen molar-refractivity contribution in [1.29, 1.82) is 0 Å². The molecule has 1 saturated heterocycles. The summed E-state index contributed by atoms with van der Waals surface area (Å²) < 4.78 is 0.622. The van der Waals surface area contributed by atoms with E-state index in [9.17, 15) is 9.59 Å². The maximum atomic E-state index is 11.9. The molecule has 0 radical (unpaired) electrons. The zero-order valence-electron chi connectivity index (χ0n) is 9.57. The maximum absolute atomic E-state index is 11.9. The normalized spacial score (nSPS) is 18.6. The molecule has 3 N–H and O–H groups in total. The molecule has 0 aliphatic carbocycles. The molecule has 0 bridgehead atoms. The second-order valence-corrected chi connectivity index (χ2v) is 5.09. The van der Waals surface area contributed by atoms with E-state index in [1.54, 1.807) is 6.07 Å². The Morgan fingerprint density at radius 1 is 1.39 bits per heavy atom. The molecule has 1 aromatic rings. The number of carbonyl (C=O) groups is 2.